The van der Waals surface area contributed by atoms with Crippen LogP contribution in [0.2, 0.25) is 0 Å². The number of unbranched alkanes of at least 4 members (excludes halogenated alkanes) is 17. The largest absolute Gasteiger partial charge is 0.462 e. The number of rotatable bonds is 39. The van der Waals surface area contributed by atoms with E-state index in [1.54, 1.807) is 0 Å². The average molecular weight is 779 g/mol. The minimum absolute atomic E-state index is 0.0938. The Labute approximate surface area is 344 Å². The summed E-state index contributed by atoms with van der Waals surface area (Å²) in [4.78, 5) is 37.7. The van der Waals surface area contributed by atoms with Gasteiger partial charge in [0.05, 0.1) is 0 Å². The van der Waals surface area contributed by atoms with E-state index in [-0.39, 0.29) is 31.1 Å². The van der Waals surface area contributed by atoms with Gasteiger partial charge in [0.25, 0.3) is 0 Å². The predicted octanol–water partition coefficient (Wildman–Crippen LogP) is 14.5. The van der Waals surface area contributed by atoms with E-state index in [1.807, 2.05) is 24.3 Å². The summed E-state index contributed by atoms with van der Waals surface area (Å²) in [6.45, 7) is 6.30. The van der Waals surface area contributed by atoms with Gasteiger partial charge >= 0.3 is 17.9 Å². The Balaban J connectivity index is 4.46. The molecule has 6 heteroatoms. The van der Waals surface area contributed by atoms with Gasteiger partial charge in [-0.15, -0.1) is 0 Å². The maximum absolute atomic E-state index is 12.7. The van der Waals surface area contributed by atoms with Crippen molar-refractivity contribution < 1.29 is 28.6 Å². The highest BCUT2D eigenvalue weighted by molar-refractivity contribution is 5.71. The van der Waals surface area contributed by atoms with Gasteiger partial charge in [-0.25, -0.2) is 0 Å². The summed E-state index contributed by atoms with van der Waals surface area (Å²) in [6.07, 6.45) is 55.6. The Bertz CT molecular complexity index is 1120. The molecule has 1 atom stereocenters. The lowest BCUT2D eigenvalue weighted by atomic mass is 10.1. The van der Waals surface area contributed by atoms with Gasteiger partial charge in [-0.1, -0.05) is 189 Å². The SMILES string of the molecule is CC\C=C/C=C\C=C/C=C\CCCCCCCC(=O)OCC(COC(=O)CCCCCCCCCCC)OC(=O)CCCCCC/C=C\C/C=C\C/C=C\CC. The number of hydrogen-bond donors (Lipinski definition) is 0. The van der Waals surface area contributed by atoms with Crippen molar-refractivity contribution in [2.75, 3.05) is 13.2 Å². The van der Waals surface area contributed by atoms with Crippen LogP contribution >= 0.6 is 0 Å². The summed E-state index contributed by atoms with van der Waals surface area (Å²) < 4.78 is 16.7. The maximum atomic E-state index is 12.7. The smallest absolute Gasteiger partial charge is 0.306 e. The van der Waals surface area contributed by atoms with Crippen molar-refractivity contribution in [3.8, 4) is 0 Å². The van der Waals surface area contributed by atoms with Crippen LogP contribution in [-0.2, 0) is 28.6 Å². The van der Waals surface area contributed by atoms with E-state index in [0.29, 0.717) is 19.3 Å². The molecule has 0 aromatic carbocycles. The number of hydrogen-bond acceptors (Lipinski definition) is 6. The van der Waals surface area contributed by atoms with Crippen LogP contribution in [0, 0.1) is 0 Å². The van der Waals surface area contributed by atoms with Gasteiger partial charge in [0.2, 0.25) is 0 Å². The minimum Gasteiger partial charge on any atom is -0.462 e. The first-order valence-corrected chi connectivity index (χ1v) is 22.6. The fourth-order valence-corrected chi connectivity index (χ4v) is 5.88. The zero-order chi connectivity index (χ0) is 40.8. The molecule has 6 nitrogen and oxygen atoms in total. The molecule has 1 unspecified atom stereocenters. The lowest BCUT2D eigenvalue weighted by molar-refractivity contribution is -0.167. The van der Waals surface area contributed by atoms with Crippen molar-refractivity contribution in [1.82, 2.24) is 0 Å². The number of ether oxygens (including phenoxy) is 3. The number of carbonyl (C=O) groups is 3. The number of allylic oxidation sites excluding steroid dienone is 14. The molecule has 0 aromatic heterocycles. The summed E-state index contributed by atoms with van der Waals surface area (Å²) in [5.74, 6) is -0.951. The van der Waals surface area contributed by atoms with Gasteiger partial charge in [-0.3, -0.25) is 14.4 Å². The monoisotopic (exact) mass is 779 g/mol. The summed E-state index contributed by atoms with van der Waals surface area (Å²) in [5.41, 5.74) is 0. The van der Waals surface area contributed by atoms with Crippen molar-refractivity contribution in [3.05, 3.63) is 85.1 Å². The quantitative estimate of drug-likeness (QED) is 0.0203. The zero-order valence-corrected chi connectivity index (χ0v) is 36.1. The van der Waals surface area contributed by atoms with Crippen molar-refractivity contribution >= 4 is 17.9 Å². The van der Waals surface area contributed by atoms with Crippen LogP contribution in [0.25, 0.3) is 0 Å². The van der Waals surface area contributed by atoms with E-state index in [0.717, 1.165) is 116 Å². The van der Waals surface area contributed by atoms with Gasteiger partial charge in [0.15, 0.2) is 6.10 Å². The van der Waals surface area contributed by atoms with E-state index in [1.165, 1.54) is 38.5 Å². The molecule has 0 aliphatic rings. The minimum atomic E-state index is -0.794. The third-order valence-corrected chi connectivity index (χ3v) is 9.24. The maximum Gasteiger partial charge on any atom is 0.306 e. The molecule has 0 N–H and O–H groups in total. The first-order valence-electron chi connectivity index (χ1n) is 22.6. The van der Waals surface area contributed by atoms with Crippen molar-refractivity contribution in [1.29, 1.82) is 0 Å². The molecule has 0 bridgehead atoms. The molecular formula is C50H82O6. The van der Waals surface area contributed by atoms with Gasteiger partial charge in [-0.2, -0.15) is 0 Å². The number of esters is 3. The Kier molecular flexibility index (Phi) is 41.6. The molecule has 0 saturated heterocycles. The van der Waals surface area contributed by atoms with Crippen molar-refractivity contribution in [2.45, 2.75) is 200 Å². The summed E-state index contributed by atoms with van der Waals surface area (Å²) in [7, 11) is 0. The first-order chi connectivity index (χ1) is 27.5. The molecule has 0 aliphatic carbocycles. The van der Waals surface area contributed by atoms with Crippen LogP contribution in [0.1, 0.15) is 194 Å². The molecule has 0 aromatic rings. The van der Waals surface area contributed by atoms with E-state index < -0.39 is 6.10 Å². The van der Waals surface area contributed by atoms with E-state index in [4.69, 9.17) is 14.2 Å². The second kappa shape index (κ2) is 44.3. The third-order valence-electron chi connectivity index (χ3n) is 9.24. The van der Waals surface area contributed by atoms with Crippen molar-refractivity contribution in [2.24, 2.45) is 0 Å². The highest BCUT2D eigenvalue weighted by atomic mass is 16.6. The van der Waals surface area contributed by atoms with Crippen LogP contribution in [0.15, 0.2) is 85.1 Å². The van der Waals surface area contributed by atoms with Crippen LogP contribution in [0.3, 0.4) is 0 Å². The molecule has 0 spiro atoms. The molecule has 0 radical (unpaired) electrons. The molecule has 0 fully saturated rings. The van der Waals surface area contributed by atoms with Gasteiger partial charge in [0.1, 0.15) is 13.2 Å². The summed E-state index contributed by atoms with van der Waals surface area (Å²) in [6, 6.07) is 0. The number of carbonyl (C=O) groups excluding carboxylic acids is 3. The highest BCUT2D eigenvalue weighted by Gasteiger charge is 2.19. The van der Waals surface area contributed by atoms with Gasteiger partial charge < -0.3 is 14.2 Å². The third kappa shape index (κ3) is 41.7. The van der Waals surface area contributed by atoms with Crippen LogP contribution < -0.4 is 0 Å². The van der Waals surface area contributed by atoms with Crippen LogP contribution in [0.5, 0.6) is 0 Å². The van der Waals surface area contributed by atoms with E-state index >= 15 is 0 Å². The molecule has 0 rings (SSSR count). The molecule has 318 valence electrons. The fourth-order valence-electron chi connectivity index (χ4n) is 5.88. The highest BCUT2D eigenvalue weighted by Crippen LogP contribution is 2.13. The standard InChI is InChI=1S/C50H82O6/c1-4-7-10-13-16-19-21-23-25-27-28-31-34-37-40-43-49(52)55-46-47(45-54-48(51)42-39-36-33-30-18-15-12-9-6-3)56-50(53)44-41-38-35-32-29-26-24-22-20-17-14-11-8-5-2/h7-8,10-11,13,16-17,19-21,23-26,47H,4-6,9,12,14-15,18,22,27-46H2,1-3H3/b10-7-,11-8-,16-13-,20-17-,21-19-,25-23-,26-24-. The Morgan fingerprint density at radius 2 is 0.786 bits per heavy atom. The van der Waals surface area contributed by atoms with Crippen molar-refractivity contribution in [3.63, 3.8) is 0 Å². The van der Waals surface area contributed by atoms with E-state index in [9.17, 15) is 14.4 Å². The van der Waals surface area contributed by atoms with Gasteiger partial charge in [-0.05, 0) is 70.6 Å². The molecule has 0 aliphatic heterocycles. The first kappa shape index (κ1) is 52.6. The molecule has 0 amide bonds. The summed E-state index contributed by atoms with van der Waals surface area (Å²) >= 11 is 0. The average Bonchev–Trinajstić information content (AvgIpc) is 3.19. The lowest BCUT2D eigenvalue weighted by Crippen LogP contribution is -2.30. The molecule has 0 heterocycles. The van der Waals surface area contributed by atoms with E-state index in [2.05, 4.69) is 81.5 Å². The van der Waals surface area contributed by atoms with Gasteiger partial charge in [0, 0.05) is 19.3 Å². The second-order valence-corrected chi connectivity index (χ2v) is 14.6. The molecular weight excluding hydrogens is 697 g/mol. The fraction of sp³-hybridized carbons (Fsp3) is 0.660. The Morgan fingerprint density at radius 3 is 1.30 bits per heavy atom. The Morgan fingerprint density at radius 1 is 0.393 bits per heavy atom. The summed E-state index contributed by atoms with van der Waals surface area (Å²) in [5, 5.41) is 0. The predicted molar refractivity (Wildman–Crippen MR) is 237 cm³/mol. The van der Waals surface area contributed by atoms with Crippen LogP contribution in [-0.4, -0.2) is 37.2 Å². The lowest BCUT2D eigenvalue weighted by Gasteiger charge is -2.18. The molecule has 0 saturated carbocycles. The zero-order valence-electron chi connectivity index (χ0n) is 36.1. The normalized spacial score (nSPS) is 12.8. The molecule has 56 heavy (non-hydrogen) atoms. The Hall–Kier alpha value is -3.41. The van der Waals surface area contributed by atoms with Crippen LogP contribution in [0.4, 0.5) is 0 Å². The second-order valence-electron chi connectivity index (χ2n) is 14.6. The topological polar surface area (TPSA) is 78.9 Å².